The number of benzene rings is 2. The Labute approximate surface area is 132 Å². The summed E-state index contributed by atoms with van der Waals surface area (Å²) in [5.74, 6) is -1.21. The SMILES string of the molecule is O=C(Cc1cccc(Cl)c1)OC(=O)Cc1cccc(Cl)c1. The summed E-state index contributed by atoms with van der Waals surface area (Å²) in [6, 6.07) is 13.7. The Bertz CT molecular complexity index is 611. The third-order valence-corrected chi connectivity index (χ3v) is 3.17. The molecule has 0 fully saturated rings. The lowest BCUT2D eigenvalue weighted by molar-refractivity contribution is -0.158. The monoisotopic (exact) mass is 322 g/mol. The van der Waals surface area contributed by atoms with E-state index >= 15 is 0 Å². The molecule has 0 heterocycles. The summed E-state index contributed by atoms with van der Waals surface area (Å²) in [7, 11) is 0. The number of carbonyl (C=O) groups excluding carboxylic acids is 2. The lowest BCUT2D eigenvalue weighted by atomic mass is 10.1. The van der Waals surface area contributed by atoms with Crippen LogP contribution >= 0.6 is 23.2 Å². The lowest BCUT2D eigenvalue weighted by Crippen LogP contribution is -2.16. The fourth-order valence-electron chi connectivity index (χ4n) is 1.83. The van der Waals surface area contributed by atoms with Gasteiger partial charge in [-0.2, -0.15) is 0 Å². The van der Waals surface area contributed by atoms with Gasteiger partial charge in [0.1, 0.15) is 0 Å². The van der Waals surface area contributed by atoms with Crippen LogP contribution < -0.4 is 0 Å². The molecule has 0 spiro atoms. The van der Waals surface area contributed by atoms with E-state index in [-0.39, 0.29) is 12.8 Å². The highest BCUT2D eigenvalue weighted by Gasteiger charge is 2.12. The van der Waals surface area contributed by atoms with E-state index in [0.717, 1.165) is 0 Å². The van der Waals surface area contributed by atoms with Crippen molar-refractivity contribution in [2.24, 2.45) is 0 Å². The van der Waals surface area contributed by atoms with Crippen molar-refractivity contribution in [3.05, 3.63) is 69.7 Å². The molecular weight excluding hydrogens is 311 g/mol. The van der Waals surface area contributed by atoms with Crippen molar-refractivity contribution in [3.63, 3.8) is 0 Å². The van der Waals surface area contributed by atoms with Crippen LogP contribution in [0.25, 0.3) is 0 Å². The minimum Gasteiger partial charge on any atom is -0.393 e. The van der Waals surface area contributed by atoms with Gasteiger partial charge in [0.25, 0.3) is 0 Å². The van der Waals surface area contributed by atoms with Crippen LogP contribution in [-0.2, 0) is 27.2 Å². The van der Waals surface area contributed by atoms with Gasteiger partial charge in [-0.25, -0.2) is 0 Å². The molecule has 0 amide bonds. The van der Waals surface area contributed by atoms with Gasteiger partial charge >= 0.3 is 11.9 Å². The van der Waals surface area contributed by atoms with Gasteiger partial charge in [-0.05, 0) is 35.4 Å². The van der Waals surface area contributed by atoms with Crippen LogP contribution in [0.3, 0.4) is 0 Å². The van der Waals surface area contributed by atoms with Crippen molar-refractivity contribution in [2.75, 3.05) is 0 Å². The summed E-state index contributed by atoms with van der Waals surface area (Å²) >= 11 is 11.6. The first kappa shape index (κ1) is 15.5. The molecule has 0 aliphatic carbocycles. The molecule has 0 radical (unpaired) electrons. The Morgan fingerprint density at radius 2 is 1.24 bits per heavy atom. The molecule has 2 aromatic carbocycles. The molecule has 5 heteroatoms. The van der Waals surface area contributed by atoms with E-state index in [0.29, 0.717) is 21.2 Å². The van der Waals surface area contributed by atoms with Crippen LogP contribution in [-0.4, -0.2) is 11.9 Å². The molecule has 0 aromatic heterocycles. The average Bonchev–Trinajstić information content (AvgIpc) is 2.38. The second-order valence-electron chi connectivity index (χ2n) is 4.46. The Kier molecular flexibility index (Phi) is 5.37. The van der Waals surface area contributed by atoms with E-state index < -0.39 is 11.9 Å². The zero-order valence-electron chi connectivity index (χ0n) is 11.0. The fourth-order valence-corrected chi connectivity index (χ4v) is 2.25. The lowest BCUT2D eigenvalue weighted by Gasteiger charge is -2.04. The molecule has 108 valence electrons. The topological polar surface area (TPSA) is 43.4 Å². The van der Waals surface area contributed by atoms with E-state index in [4.69, 9.17) is 27.9 Å². The second kappa shape index (κ2) is 7.25. The predicted molar refractivity (Wildman–Crippen MR) is 81.4 cm³/mol. The number of hydrogen-bond donors (Lipinski definition) is 0. The summed E-state index contributed by atoms with van der Waals surface area (Å²) in [6.07, 6.45) is 0.00366. The van der Waals surface area contributed by atoms with Crippen LogP contribution in [0.2, 0.25) is 10.0 Å². The van der Waals surface area contributed by atoms with Gasteiger partial charge in [0.15, 0.2) is 0 Å². The average molecular weight is 323 g/mol. The van der Waals surface area contributed by atoms with Crippen LogP contribution in [0.15, 0.2) is 48.5 Å². The van der Waals surface area contributed by atoms with Crippen molar-refractivity contribution in [1.82, 2.24) is 0 Å². The first-order valence-electron chi connectivity index (χ1n) is 6.25. The van der Waals surface area contributed by atoms with Crippen LogP contribution in [0.5, 0.6) is 0 Å². The number of ether oxygens (including phenoxy) is 1. The Hall–Kier alpha value is -1.84. The molecule has 0 bridgehead atoms. The van der Waals surface area contributed by atoms with Crippen molar-refractivity contribution in [3.8, 4) is 0 Å². The van der Waals surface area contributed by atoms with Crippen molar-refractivity contribution >= 4 is 35.1 Å². The maximum Gasteiger partial charge on any atom is 0.317 e. The van der Waals surface area contributed by atoms with Gasteiger partial charge < -0.3 is 4.74 Å². The molecule has 0 saturated heterocycles. The quantitative estimate of drug-likeness (QED) is 0.634. The summed E-state index contributed by atoms with van der Waals surface area (Å²) < 4.78 is 4.77. The highest BCUT2D eigenvalue weighted by atomic mass is 35.5. The third kappa shape index (κ3) is 5.21. The molecule has 0 atom stereocenters. The Balaban J connectivity index is 1.89. The molecule has 2 aromatic rings. The largest absolute Gasteiger partial charge is 0.393 e. The van der Waals surface area contributed by atoms with E-state index in [1.807, 2.05) is 0 Å². The molecular formula is C16H12Cl2O3. The van der Waals surface area contributed by atoms with Gasteiger partial charge in [-0.3, -0.25) is 9.59 Å². The van der Waals surface area contributed by atoms with E-state index in [9.17, 15) is 9.59 Å². The van der Waals surface area contributed by atoms with Gasteiger partial charge in [0.2, 0.25) is 0 Å². The first-order valence-corrected chi connectivity index (χ1v) is 7.01. The molecule has 0 aliphatic rings. The highest BCUT2D eigenvalue weighted by molar-refractivity contribution is 6.30. The number of halogens is 2. The predicted octanol–water partition coefficient (Wildman–Crippen LogP) is 3.85. The number of carbonyl (C=O) groups is 2. The minimum atomic E-state index is -0.607. The van der Waals surface area contributed by atoms with E-state index in [1.165, 1.54) is 0 Å². The Morgan fingerprint density at radius 3 is 1.62 bits per heavy atom. The van der Waals surface area contributed by atoms with Crippen LogP contribution in [0.1, 0.15) is 11.1 Å². The smallest absolute Gasteiger partial charge is 0.317 e. The number of hydrogen-bond acceptors (Lipinski definition) is 3. The minimum absolute atomic E-state index is 0.00183. The standard InChI is InChI=1S/C16H12Cl2O3/c17-13-5-1-3-11(7-13)9-15(19)21-16(20)10-12-4-2-6-14(18)8-12/h1-8H,9-10H2. The van der Waals surface area contributed by atoms with Crippen molar-refractivity contribution < 1.29 is 14.3 Å². The number of esters is 2. The normalized spacial score (nSPS) is 10.2. The molecule has 0 N–H and O–H groups in total. The van der Waals surface area contributed by atoms with Crippen LogP contribution in [0, 0.1) is 0 Å². The maximum atomic E-state index is 11.7. The molecule has 21 heavy (non-hydrogen) atoms. The summed E-state index contributed by atoms with van der Waals surface area (Å²) in [5.41, 5.74) is 1.39. The van der Waals surface area contributed by atoms with E-state index in [1.54, 1.807) is 48.5 Å². The third-order valence-electron chi connectivity index (χ3n) is 2.70. The number of rotatable bonds is 4. The molecule has 0 saturated carbocycles. The van der Waals surface area contributed by atoms with Crippen LogP contribution in [0.4, 0.5) is 0 Å². The molecule has 3 nitrogen and oxygen atoms in total. The molecule has 0 unspecified atom stereocenters. The van der Waals surface area contributed by atoms with E-state index in [2.05, 4.69) is 0 Å². The van der Waals surface area contributed by atoms with Gasteiger partial charge in [0.05, 0.1) is 12.8 Å². The van der Waals surface area contributed by atoms with Crippen molar-refractivity contribution in [1.29, 1.82) is 0 Å². The fraction of sp³-hybridized carbons (Fsp3) is 0.125. The molecule has 2 rings (SSSR count). The van der Waals surface area contributed by atoms with Gasteiger partial charge in [0, 0.05) is 10.0 Å². The first-order chi connectivity index (χ1) is 10.0. The summed E-state index contributed by atoms with van der Waals surface area (Å²) in [4.78, 5) is 23.4. The zero-order chi connectivity index (χ0) is 15.2. The summed E-state index contributed by atoms with van der Waals surface area (Å²) in [5, 5.41) is 1.07. The van der Waals surface area contributed by atoms with Gasteiger partial charge in [-0.1, -0.05) is 47.5 Å². The zero-order valence-corrected chi connectivity index (χ0v) is 12.5. The van der Waals surface area contributed by atoms with Crippen molar-refractivity contribution in [2.45, 2.75) is 12.8 Å². The molecule has 0 aliphatic heterocycles. The van der Waals surface area contributed by atoms with Gasteiger partial charge in [-0.15, -0.1) is 0 Å². The summed E-state index contributed by atoms with van der Waals surface area (Å²) in [6.45, 7) is 0. The maximum absolute atomic E-state index is 11.7. The second-order valence-corrected chi connectivity index (χ2v) is 5.33. The highest BCUT2D eigenvalue weighted by Crippen LogP contribution is 2.13. The Morgan fingerprint density at radius 1 is 0.810 bits per heavy atom.